The van der Waals surface area contributed by atoms with Gasteiger partial charge in [-0.15, -0.1) is 12.4 Å². The number of amides is 1. The van der Waals surface area contributed by atoms with Gasteiger partial charge in [0, 0.05) is 30.7 Å². The van der Waals surface area contributed by atoms with Gasteiger partial charge in [-0.05, 0) is 61.5 Å². The Morgan fingerprint density at radius 3 is 2.22 bits per heavy atom. The fraction of sp³-hybridized carbons (Fsp3) is 0.480. The molecule has 4 rings (SSSR count). The Kier molecular flexibility index (Phi) is 8.95. The number of piperidine rings is 1. The summed E-state index contributed by atoms with van der Waals surface area (Å²) >= 11 is 0. The molecule has 2 aliphatic rings. The maximum Gasteiger partial charge on any atom is 0.471 e. The van der Waals surface area contributed by atoms with Gasteiger partial charge in [-0.2, -0.15) is 13.2 Å². The third kappa shape index (κ3) is 7.60. The fourth-order valence-corrected chi connectivity index (χ4v) is 5.44. The SMILES string of the molecule is CS(=O)(=O)Nc1ccc(CN2CCC(CN(C(=O)C(F)(F)F)[C@@H]3C[C@H]3c3ccccc3)CC2)cc1.Cl. The van der Waals surface area contributed by atoms with Crippen molar-refractivity contribution in [1.82, 2.24) is 9.80 Å². The van der Waals surface area contributed by atoms with Crippen LogP contribution < -0.4 is 4.72 Å². The van der Waals surface area contributed by atoms with Crippen LogP contribution in [0.2, 0.25) is 0 Å². The smallest absolute Gasteiger partial charge is 0.331 e. The van der Waals surface area contributed by atoms with Gasteiger partial charge < -0.3 is 4.90 Å². The van der Waals surface area contributed by atoms with Crippen LogP contribution in [0, 0.1) is 5.92 Å². The van der Waals surface area contributed by atoms with E-state index in [1.165, 1.54) is 0 Å². The first-order valence-corrected chi connectivity index (χ1v) is 13.6. The number of nitrogens with one attached hydrogen (secondary N) is 1. The second-order valence-electron chi connectivity index (χ2n) is 9.57. The van der Waals surface area contributed by atoms with E-state index in [1.54, 1.807) is 12.1 Å². The van der Waals surface area contributed by atoms with E-state index >= 15 is 0 Å². The highest BCUT2D eigenvalue weighted by atomic mass is 35.5. The molecule has 1 aliphatic heterocycles. The zero-order valence-corrected chi connectivity index (χ0v) is 21.6. The molecule has 6 nitrogen and oxygen atoms in total. The van der Waals surface area contributed by atoms with Crippen molar-refractivity contribution < 1.29 is 26.4 Å². The van der Waals surface area contributed by atoms with E-state index < -0.39 is 28.1 Å². The van der Waals surface area contributed by atoms with E-state index in [2.05, 4.69) is 9.62 Å². The average molecular weight is 546 g/mol. The molecule has 0 bridgehead atoms. The van der Waals surface area contributed by atoms with Crippen LogP contribution in [-0.2, 0) is 21.4 Å². The lowest BCUT2D eigenvalue weighted by Crippen LogP contribution is -2.47. The largest absolute Gasteiger partial charge is 0.471 e. The number of nitrogens with zero attached hydrogens (tertiary/aromatic N) is 2. The number of halogens is 4. The molecule has 1 saturated heterocycles. The van der Waals surface area contributed by atoms with Crippen LogP contribution in [0.4, 0.5) is 18.9 Å². The summed E-state index contributed by atoms with van der Waals surface area (Å²) in [4.78, 5) is 15.6. The highest BCUT2D eigenvalue weighted by Gasteiger charge is 2.52. The Bertz CT molecular complexity index is 1120. The van der Waals surface area contributed by atoms with Crippen molar-refractivity contribution >= 4 is 34.0 Å². The molecule has 1 amide bonds. The summed E-state index contributed by atoms with van der Waals surface area (Å²) in [5, 5.41) is 0. The zero-order valence-electron chi connectivity index (χ0n) is 19.9. The summed E-state index contributed by atoms with van der Waals surface area (Å²) in [7, 11) is -3.33. The number of benzene rings is 2. The highest BCUT2D eigenvalue weighted by molar-refractivity contribution is 7.92. The van der Waals surface area contributed by atoms with Crippen LogP contribution >= 0.6 is 12.4 Å². The molecule has 0 unspecified atom stereocenters. The molecule has 2 fully saturated rings. The molecule has 11 heteroatoms. The summed E-state index contributed by atoms with van der Waals surface area (Å²) in [6.45, 7) is 2.27. The molecule has 1 saturated carbocycles. The molecule has 1 N–H and O–H groups in total. The molecule has 2 atom stereocenters. The van der Waals surface area contributed by atoms with Crippen molar-refractivity contribution in [3.63, 3.8) is 0 Å². The molecule has 0 spiro atoms. The van der Waals surface area contributed by atoms with Gasteiger partial charge in [-0.3, -0.25) is 14.4 Å². The van der Waals surface area contributed by atoms with Gasteiger partial charge >= 0.3 is 12.1 Å². The first kappa shape index (κ1) is 28.3. The maximum absolute atomic E-state index is 13.4. The second kappa shape index (κ2) is 11.4. The minimum Gasteiger partial charge on any atom is -0.331 e. The third-order valence-corrected chi connectivity index (χ3v) is 7.32. The van der Waals surface area contributed by atoms with Gasteiger partial charge in [-0.25, -0.2) is 8.42 Å². The lowest BCUT2D eigenvalue weighted by molar-refractivity contribution is -0.187. The Hall–Kier alpha value is -2.30. The third-order valence-electron chi connectivity index (χ3n) is 6.71. The van der Waals surface area contributed by atoms with Gasteiger partial charge in [0.15, 0.2) is 0 Å². The van der Waals surface area contributed by atoms with Crippen LogP contribution in [0.15, 0.2) is 54.6 Å². The van der Waals surface area contributed by atoms with Crippen molar-refractivity contribution in [2.24, 2.45) is 5.92 Å². The van der Waals surface area contributed by atoms with E-state index in [0.29, 0.717) is 18.7 Å². The topological polar surface area (TPSA) is 69.7 Å². The number of rotatable bonds is 8. The number of sulfonamides is 1. The summed E-state index contributed by atoms with van der Waals surface area (Å²) in [5.74, 6) is -1.75. The Morgan fingerprint density at radius 1 is 1.06 bits per heavy atom. The van der Waals surface area contributed by atoms with Crippen molar-refractivity contribution in [3.05, 3.63) is 65.7 Å². The van der Waals surface area contributed by atoms with Crippen molar-refractivity contribution in [2.45, 2.75) is 43.9 Å². The molecule has 0 aromatic heterocycles. The first-order valence-electron chi connectivity index (χ1n) is 11.7. The molecular weight excluding hydrogens is 515 g/mol. The van der Waals surface area contributed by atoms with E-state index in [9.17, 15) is 26.4 Å². The minimum absolute atomic E-state index is 0. The number of carbonyl (C=O) groups excluding carboxylic acids is 1. The van der Waals surface area contributed by atoms with E-state index in [1.807, 2.05) is 42.5 Å². The van der Waals surface area contributed by atoms with Gasteiger partial charge in [0.1, 0.15) is 0 Å². The molecule has 1 heterocycles. The number of alkyl halides is 3. The number of hydrogen-bond acceptors (Lipinski definition) is 4. The predicted octanol–water partition coefficient (Wildman–Crippen LogP) is 4.64. The van der Waals surface area contributed by atoms with E-state index in [-0.39, 0.29) is 30.8 Å². The molecule has 0 radical (unpaired) electrons. The normalized spacial score (nSPS) is 20.9. The minimum atomic E-state index is -4.87. The zero-order chi connectivity index (χ0) is 25.2. The Balaban J connectivity index is 0.00000361. The van der Waals surface area contributed by atoms with Gasteiger partial charge in [0.2, 0.25) is 10.0 Å². The summed E-state index contributed by atoms with van der Waals surface area (Å²) < 4.78 is 65.2. The van der Waals surface area contributed by atoms with Crippen LogP contribution in [-0.4, -0.2) is 62.2 Å². The Morgan fingerprint density at radius 2 is 1.67 bits per heavy atom. The van der Waals surface area contributed by atoms with Gasteiger partial charge in [0.05, 0.1) is 6.26 Å². The molecule has 2 aromatic carbocycles. The number of hydrogen-bond donors (Lipinski definition) is 1. The quantitative estimate of drug-likeness (QED) is 0.525. The number of anilines is 1. The predicted molar refractivity (Wildman–Crippen MR) is 136 cm³/mol. The highest BCUT2D eigenvalue weighted by Crippen LogP contribution is 2.46. The van der Waals surface area contributed by atoms with Crippen LogP contribution in [0.3, 0.4) is 0 Å². The van der Waals surface area contributed by atoms with E-state index in [4.69, 9.17) is 0 Å². The van der Waals surface area contributed by atoms with Gasteiger partial charge in [0.25, 0.3) is 0 Å². The monoisotopic (exact) mass is 545 g/mol. The van der Waals surface area contributed by atoms with Crippen molar-refractivity contribution in [1.29, 1.82) is 0 Å². The van der Waals surface area contributed by atoms with Crippen LogP contribution in [0.25, 0.3) is 0 Å². The standard InChI is InChI=1S/C25H30F3N3O3S.ClH/c1-35(33,34)29-21-9-7-18(8-10-21)16-30-13-11-19(12-14-30)17-31(24(32)25(26,27)28)23-15-22(23)20-5-3-2-4-6-20;/h2-10,19,22-23,29H,11-17H2,1H3;1H/t22-,23+;/m0./s1. The van der Waals surface area contributed by atoms with Gasteiger partial charge in [-0.1, -0.05) is 42.5 Å². The second-order valence-corrected chi connectivity index (χ2v) is 11.3. The lowest BCUT2D eigenvalue weighted by atomic mass is 9.95. The Labute approximate surface area is 216 Å². The maximum atomic E-state index is 13.4. The summed E-state index contributed by atoms with van der Waals surface area (Å²) in [6.07, 6.45) is -1.77. The molecule has 2 aromatic rings. The summed E-state index contributed by atoms with van der Waals surface area (Å²) in [5.41, 5.74) is 2.50. The van der Waals surface area contributed by atoms with Crippen LogP contribution in [0.5, 0.6) is 0 Å². The molecular formula is C25H31ClF3N3O3S. The fourth-order valence-electron chi connectivity index (χ4n) is 4.87. The van der Waals surface area contributed by atoms with E-state index in [0.717, 1.165) is 48.2 Å². The lowest BCUT2D eigenvalue weighted by Gasteiger charge is -2.35. The first-order chi connectivity index (χ1) is 16.5. The molecule has 1 aliphatic carbocycles. The van der Waals surface area contributed by atoms with Crippen LogP contribution in [0.1, 0.15) is 36.3 Å². The summed E-state index contributed by atoms with van der Waals surface area (Å²) in [6, 6.07) is 16.2. The number of carbonyl (C=O) groups is 1. The molecule has 36 heavy (non-hydrogen) atoms. The van der Waals surface area contributed by atoms with Crippen molar-refractivity contribution in [3.8, 4) is 0 Å². The van der Waals surface area contributed by atoms with Crippen molar-refractivity contribution in [2.75, 3.05) is 30.6 Å². The molecule has 198 valence electrons. The number of likely N-dealkylation sites (tertiary alicyclic amines) is 1. The average Bonchev–Trinajstić information content (AvgIpc) is 3.59.